The van der Waals surface area contributed by atoms with Gasteiger partial charge >= 0.3 is 0 Å². The second kappa shape index (κ2) is 6.45. The van der Waals surface area contributed by atoms with E-state index in [4.69, 9.17) is 9.47 Å². The number of nitrogens with zero attached hydrogens (tertiary/aromatic N) is 1. The number of ether oxygens (including phenoxy) is 2. The van der Waals surface area contributed by atoms with Gasteiger partial charge in [-0.15, -0.1) is 0 Å². The fourth-order valence-electron chi connectivity index (χ4n) is 3.02. The number of hydrogen-bond acceptors (Lipinski definition) is 4. The standard InChI is InChI=1S/C16H22N2O3/c1-17-9-14-10-18(6-7-20-14)16(19)13-8-12-4-2-3-5-15(12)21-11-13/h2-5,13-14,17H,6-11H2,1H3. The summed E-state index contributed by atoms with van der Waals surface area (Å²) < 4.78 is 11.4. The van der Waals surface area contributed by atoms with E-state index in [2.05, 4.69) is 5.32 Å². The van der Waals surface area contributed by atoms with Crippen LogP contribution in [0.4, 0.5) is 0 Å². The Morgan fingerprint density at radius 3 is 3.14 bits per heavy atom. The summed E-state index contributed by atoms with van der Waals surface area (Å²) in [5, 5.41) is 3.10. The van der Waals surface area contributed by atoms with Crippen molar-refractivity contribution < 1.29 is 14.3 Å². The minimum atomic E-state index is -0.0757. The molecule has 5 nitrogen and oxygen atoms in total. The molecule has 21 heavy (non-hydrogen) atoms. The lowest BCUT2D eigenvalue weighted by Crippen LogP contribution is -2.51. The number of likely N-dealkylation sites (N-methyl/N-ethyl adjacent to an activating group) is 1. The van der Waals surface area contributed by atoms with Crippen LogP contribution in [0.15, 0.2) is 24.3 Å². The van der Waals surface area contributed by atoms with Crippen LogP contribution in [0.1, 0.15) is 5.56 Å². The lowest BCUT2D eigenvalue weighted by molar-refractivity contribution is -0.144. The zero-order valence-corrected chi connectivity index (χ0v) is 12.4. The summed E-state index contributed by atoms with van der Waals surface area (Å²) in [5.74, 6) is 1.03. The summed E-state index contributed by atoms with van der Waals surface area (Å²) in [7, 11) is 1.90. The maximum atomic E-state index is 12.7. The van der Waals surface area contributed by atoms with E-state index in [1.54, 1.807) is 0 Å². The van der Waals surface area contributed by atoms with Crippen molar-refractivity contribution in [2.75, 3.05) is 39.9 Å². The molecule has 1 N–H and O–H groups in total. The molecule has 2 unspecified atom stereocenters. The van der Waals surface area contributed by atoms with E-state index in [0.29, 0.717) is 26.3 Å². The first-order valence-corrected chi connectivity index (χ1v) is 7.53. The normalized spacial score (nSPS) is 25.1. The molecule has 2 aliphatic heterocycles. The van der Waals surface area contributed by atoms with Crippen molar-refractivity contribution in [1.29, 1.82) is 0 Å². The first-order chi connectivity index (χ1) is 10.3. The van der Waals surface area contributed by atoms with E-state index in [1.807, 2.05) is 36.2 Å². The number of para-hydroxylation sites is 1. The molecule has 1 saturated heterocycles. The summed E-state index contributed by atoms with van der Waals surface area (Å²) in [5.41, 5.74) is 1.13. The Balaban J connectivity index is 1.63. The molecule has 0 radical (unpaired) electrons. The van der Waals surface area contributed by atoms with Crippen LogP contribution in [0.5, 0.6) is 5.75 Å². The Labute approximate surface area is 125 Å². The van der Waals surface area contributed by atoms with Gasteiger partial charge in [0.2, 0.25) is 5.91 Å². The Morgan fingerprint density at radius 1 is 1.43 bits per heavy atom. The number of hydrogen-bond donors (Lipinski definition) is 1. The Kier molecular flexibility index (Phi) is 4.41. The molecule has 2 heterocycles. The van der Waals surface area contributed by atoms with Gasteiger partial charge in [0, 0.05) is 19.6 Å². The smallest absolute Gasteiger partial charge is 0.229 e. The summed E-state index contributed by atoms with van der Waals surface area (Å²) in [4.78, 5) is 14.6. The maximum absolute atomic E-state index is 12.7. The van der Waals surface area contributed by atoms with E-state index < -0.39 is 0 Å². The molecule has 0 aliphatic carbocycles. The summed E-state index contributed by atoms with van der Waals surface area (Å²) >= 11 is 0. The van der Waals surface area contributed by atoms with Crippen LogP contribution in [-0.2, 0) is 16.0 Å². The van der Waals surface area contributed by atoms with Crippen LogP contribution in [0.25, 0.3) is 0 Å². The van der Waals surface area contributed by atoms with Crippen molar-refractivity contribution in [1.82, 2.24) is 10.2 Å². The third kappa shape index (κ3) is 3.19. The number of amides is 1. The van der Waals surface area contributed by atoms with Gasteiger partial charge in [-0.2, -0.15) is 0 Å². The largest absolute Gasteiger partial charge is 0.492 e. The average molecular weight is 290 g/mol. The van der Waals surface area contributed by atoms with Gasteiger partial charge < -0.3 is 19.7 Å². The van der Waals surface area contributed by atoms with E-state index in [1.165, 1.54) is 0 Å². The molecule has 1 amide bonds. The molecular weight excluding hydrogens is 268 g/mol. The predicted octanol–water partition coefficient (Wildman–Crippen LogP) is 0.684. The first-order valence-electron chi connectivity index (χ1n) is 7.53. The number of morpholine rings is 1. The van der Waals surface area contributed by atoms with Gasteiger partial charge in [0.05, 0.1) is 18.6 Å². The topological polar surface area (TPSA) is 50.8 Å². The molecule has 3 rings (SSSR count). The van der Waals surface area contributed by atoms with Crippen LogP contribution < -0.4 is 10.1 Å². The zero-order valence-electron chi connectivity index (χ0n) is 12.4. The molecular formula is C16H22N2O3. The van der Waals surface area contributed by atoms with Crippen LogP contribution in [0.3, 0.4) is 0 Å². The fraction of sp³-hybridized carbons (Fsp3) is 0.562. The highest BCUT2D eigenvalue weighted by Gasteiger charge is 2.32. The average Bonchev–Trinajstić information content (AvgIpc) is 2.54. The highest BCUT2D eigenvalue weighted by Crippen LogP contribution is 2.28. The summed E-state index contributed by atoms with van der Waals surface area (Å²) in [6.07, 6.45) is 0.854. The molecule has 1 aromatic rings. The fourth-order valence-corrected chi connectivity index (χ4v) is 3.02. The van der Waals surface area contributed by atoms with E-state index in [-0.39, 0.29) is 17.9 Å². The van der Waals surface area contributed by atoms with Crippen molar-refractivity contribution in [3.05, 3.63) is 29.8 Å². The van der Waals surface area contributed by atoms with Crippen molar-refractivity contribution in [3.63, 3.8) is 0 Å². The highest BCUT2D eigenvalue weighted by atomic mass is 16.5. The van der Waals surface area contributed by atoms with Gasteiger partial charge in [-0.05, 0) is 25.1 Å². The molecule has 114 valence electrons. The van der Waals surface area contributed by atoms with Crippen molar-refractivity contribution in [2.45, 2.75) is 12.5 Å². The molecule has 5 heteroatoms. The van der Waals surface area contributed by atoms with Crippen LogP contribution in [0, 0.1) is 5.92 Å². The van der Waals surface area contributed by atoms with Gasteiger partial charge in [0.15, 0.2) is 0 Å². The molecule has 2 atom stereocenters. The van der Waals surface area contributed by atoms with Crippen molar-refractivity contribution in [2.24, 2.45) is 5.92 Å². The number of carbonyl (C=O) groups is 1. The summed E-state index contributed by atoms with van der Waals surface area (Å²) in [6.45, 7) is 3.20. The Morgan fingerprint density at radius 2 is 2.29 bits per heavy atom. The lowest BCUT2D eigenvalue weighted by atomic mass is 9.95. The van der Waals surface area contributed by atoms with Crippen LogP contribution >= 0.6 is 0 Å². The zero-order chi connectivity index (χ0) is 14.7. The second-order valence-corrected chi connectivity index (χ2v) is 5.65. The number of rotatable bonds is 3. The first kappa shape index (κ1) is 14.4. The van der Waals surface area contributed by atoms with Crippen LogP contribution in [-0.4, -0.2) is 56.8 Å². The third-order valence-corrected chi connectivity index (χ3v) is 4.11. The van der Waals surface area contributed by atoms with Gasteiger partial charge in [-0.3, -0.25) is 4.79 Å². The van der Waals surface area contributed by atoms with Crippen molar-refractivity contribution in [3.8, 4) is 5.75 Å². The minimum Gasteiger partial charge on any atom is -0.492 e. The summed E-state index contributed by atoms with van der Waals surface area (Å²) in [6, 6.07) is 7.96. The van der Waals surface area contributed by atoms with Gasteiger partial charge in [0.25, 0.3) is 0 Å². The quantitative estimate of drug-likeness (QED) is 0.889. The van der Waals surface area contributed by atoms with Gasteiger partial charge in [-0.1, -0.05) is 18.2 Å². The predicted molar refractivity (Wildman–Crippen MR) is 79.4 cm³/mol. The van der Waals surface area contributed by atoms with Gasteiger partial charge in [-0.25, -0.2) is 0 Å². The third-order valence-electron chi connectivity index (χ3n) is 4.11. The van der Waals surface area contributed by atoms with E-state index in [9.17, 15) is 4.79 Å². The number of fused-ring (bicyclic) bond motifs is 1. The van der Waals surface area contributed by atoms with Crippen LogP contribution in [0.2, 0.25) is 0 Å². The van der Waals surface area contributed by atoms with E-state index >= 15 is 0 Å². The highest BCUT2D eigenvalue weighted by molar-refractivity contribution is 5.80. The second-order valence-electron chi connectivity index (χ2n) is 5.65. The molecule has 1 fully saturated rings. The molecule has 0 spiro atoms. The molecule has 0 aromatic heterocycles. The number of carbonyl (C=O) groups excluding carboxylic acids is 1. The Hall–Kier alpha value is -1.59. The number of nitrogens with one attached hydrogen (secondary N) is 1. The molecule has 0 saturated carbocycles. The molecule has 2 aliphatic rings. The lowest BCUT2D eigenvalue weighted by Gasteiger charge is -2.36. The van der Waals surface area contributed by atoms with Crippen molar-refractivity contribution >= 4 is 5.91 Å². The Bertz CT molecular complexity index is 504. The minimum absolute atomic E-state index is 0.0757. The monoisotopic (exact) mass is 290 g/mol. The SMILES string of the molecule is CNCC1CN(C(=O)C2COc3ccccc3C2)CCO1. The molecule has 1 aromatic carbocycles. The molecule has 0 bridgehead atoms. The number of benzene rings is 1. The maximum Gasteiger partial charge on any atom is 0.229 e. The van der Waals surface area contributed by atoms with E-state index in [0.717, 1.165) is 24.3 Å². The van der Waals surface area contributed by atoms with Gasteiger partial charge in [0.1, 0.15) is 12.4 Å².